The summed E-state index contributed by atoms with van der Waals surface area (Å²) in [4.78, 5) is 15.2. The molecule has 28 heavy (non-hydrogen) atoms. The number of carbonyl (C=O) groups is 1. The van der Waals surface area contributed by atoms with E-state index in [9.17, 15) is 13.6 Å². The molecule has 0 saturated heterocycles. The van der Waals surface area contributed by atoms with E-state index in [0.29, 0.717) is 19.3 Å². The maximum atomic E-state index is 12.1. The molecule has 2 aromatic rings. The Labute approximate surface area is 179 Å². The maximum absolute atomic E-state index is 12.1. The average Bonchev–Trinajstić information content (AvgIpc) is 3.12. The minimum absolute atomic E-state index is 0.101. The van der Waals surface area contributed by atoms with E-state index in [0.717, 1.165) is 10.9 Å². The number of nitrogens with zero attached hydrogens (tertiary/aromatic N) is 2. The van der Waals surface area contributed by atoms with Crippen molar-refractivity contribution >= 4 is 52.1 Å². The van der Waals surface area contributed by atoms with Crippen molar-refractivity contribution in [2.75, 3.05) is 14.2 Å². The van der Waals surface area contributed by atoms with Crippen LogP contribution in [-0.4, -0.2) is 41.1 Å². The highest BCUT2D eigenvalue weighted by molar-refractivity contribution is 7.20. The van der Waals surface area contributed by atoms with Crippen LogP contribution in [0.15, 0.2) is 6.20 Å². The van der Waals surface area contributed by atoms with E-state index in [2.05, 4.69) is 10.6 Å². The summed E-state index contributed by atoms with van der Waals surface area (Å²) in [6.45, 7) is 1.90. The van der Waals surface area contributed by atoms with Gasteiger partial charge in [-0.25, -0.2) is 13.6 Å². The number of rotatable bonds is 7. The molecule has 0 spiro atoms. The number of thiophene rings is 1. The molecule has 2 aromatic heterocycles. The summed E-state index contributed by atoms with van der Waals surface area (Å²) >= 11 is 19.3. The first-order valence-corrected chi connectivity index (χ1v) is 9.49. The highest BCUT2D eigenvalue weighted by atomic mass is 35.5. The van der Waals surface area contributed by atoms with Gasteiger partial charge in [0.1, 0.15) is 26.0 Å². The Balaban J connectivity index is 0.000000292. The second-order valence-electron chi connectivity index (χ2n) is 5.35. The van der Waals surface area contributed by atoms with Crippen LogP contribution in [0.4, 0.5) is 8.78 Å². The molecule has 7 nitrogen and oxygen atoms in total. The standard InChI is InChI=1S/C9H12Cl3NO2S.C6H6F2N2O2/c1-4(13-15-3)7(14-2)5-6(10)9(12)16-8(5)11;1-10-2-3(6(11)12)4(9-10)5(7)8/h4,7,13H,1-3H3;2,5H,1H3,(H,11,12). The van der Waals surface area contributed by atoms with Crippen LogP contribution in [-0.2, 0) is 16.6 Å². The Kier molecular flexibility index (Phi) is 10.1. The average molecular weight is 481 g/mol. The number of nitrogens with one attached hydrogen (secondary N) is 1. The van der Waals surface area contributed by atoms with Gasteiger partial charge in [-0.1, -0.05) is 34.8 Å². The molecule has 158 valence electrons. The van der Waals surface area contributed by atoms with Gasteiger partial charge >= 0.3 is 5.97 Å². The van der Waals surface area contributed by atoms with Crippen LogP contribution >= 0.6 is 46.1 Å². The minimum Gasteiger partial charge on any atom is -0.478 e. The molecule has 13 heteroatoms. The number of hydrogen-bond acceptors (Lipinski definition) is 6. The first-order chi connectivity index (χ1) is 13.0. The van der Waals surface area contributed by atoms with Gasteiger partial charge in [-0.15, -0.1) is 11.3 Å². The summed E-state index contributed by atoms with van der Waals surface area (Å²) in [6, 6.07) is -0.101. The minimum atomic E-state index is -2.85. The first kappa shape index (κ1) is 25.0. The smallest absolute Gasteiger partial charge is 0.339 e. The van der Waals surface area contributed by atoms with Gasteiger partial charge in [-0.05, 0) is 6.92 Å². The molecule has 2 N–H and O–H groups in total. The normalized spacial score (nSPS) is 13.2. The van der Waals surface area contributed by atoms with Crippen LogP contribution < -0.4 is 5.48 Å². The van der Waals surface area contributed by atoms with E-state index >= 15 is 0 Å². The number of hydrogen-bond donors (Lipinski definition) is 2. The fraction of sp³-hybridized carbons (Fsp3) is 0.467. The molecule has 0 fully saturated rings. The van der Waals surface area contributed by atoms with E-state index in [1.807, 2.05) is 6.92 Å². The molecule has 2 heterocycles. The van der Waals surface area contributed by atoms with E-state index in [1.165, 1.54) is 25.5 Å². The van der Waals surface area contributed by atoms with Crippen molar-refractivity contribution in [3.05, 3.63) is 36.7 Å². The van der Waals surface area contributed by atoms with E-state index in [1.54, 1.807) is 7.11 Å². The summed E-state index contributed by atoms with van der Waals surface area (Å²) in [5.74, 6) is -1.39. The molecular formula is C15H18Cl3F2N3O4S. The molecule has 0 bridgehead atoms. The SMILES string of the molecule is CONC(C)C(OC)c1c(Cl)sc(Cl)c1Cl.Cn1cc(C(=O)O)c(C(F)F)n1. The van der Waals surface area contributed by atoms with Gasteiger partial charge in [0.25, 0.3) is 6.43 Å². The number of hydroxylamine groups is 1. The molecule has 0 aliphatic heterocycles. The second-order valence-corrected chi connectivity index (χ2v) is 7.95. The first-order valence-electron chi connectivity index (χ1n) is 7.54. The fourth-order valence-corrected chi connectivity index (χ4v) is 4.25. The largest absolute Gasteiger partial charge is 0.478 e. The van der Waals surface area contributed by atoms with Crippen LogP contribution in [0.3, 0.4) is 0 Å². The van der Waals surface area contributed by atoms with Crippen molar-refractivity contribution in [2.24, 2.45) is 7.05 Å². The van der Waals surface area contributed by atoms with Gasteiger partial charge in [-0.3, -0.25) is 4.68 Å². The number of carboxylic acids is 1. The van der Waals surface area contributed by atoms with Gasteiger partial charge in [0.2, 0.25) is 0 Å². The Bertz CT molecular complexity index is 804. The number of halogens is 5. The Morgan fingerprint density at radius 3 is 2.29 bits per heavy atom. The number of ether oxygens (including phenoxy) is 1. The van der Waals surface area contributed by atoms with Crippen LogP contribution in [0.5, 0.6) is 0 Å². The van der Waals surface area contributed by atoms with Gasteiger partial charge in [0.15, 0.2) is 0 Å². The zero-order chi connectivity index (χ0) is 21.6. The number of carboxylic acid groups (broad SMARTS) is 1. The molecule has 2 unspecified atom stereocenters. The van der Waals surface area contributed by atoms with E-state index < -0.39 is 23.7 Å². The third-order valence-electron chi connectivity index (χ3n) is 3.39. The van der Waals surface area contributed by atoms with E-state index in [4.69, 9.17) is 49.5 Å². The lowest BCUT2D eigenvalue weighted by molar-refractivity contribution is -0.00726. The number of methoxy groups -OCH3 is 1. The van der Waals surface area contributed by atoms with Crippen LogP contribution in [0.1, 0.15) is 41.1 Å². The summed E-state index contributed by atoms with van der Waals surface area (Å²) < 4.78 is 31.5. The number of aromatic carboxylic acids is 1. The predicted octanol–water partition coefficient (Wildman–Crippen LogP) is 4.99. The van der Waals surface area contributed by atoms with Crippen molar-refractivity contribution in [1.29, 1.82) is 0 Å². The Morgan fingerprint density at radius 2 is 1.93 bits per heavy atom. The zero-order valence-corrected chi connectivity index (χ0v) is 18.3. The maximum Gasteiger partial charge on any atom is 0.339 e. The lowest BCUT2D eigenvalue weighted by Crippen LogP contribution is -2.32. The Hall–Kier alpha value is -1.01. The van der Waals surface area contributed by atoms with Gasteiger partial charge < -0.3 is 14.7 Å². The van der Waals surface area contributed by atoms with Crippen molar-refractivity contribution in [3.8, 4) is 0 Å². The molecule has 0 amide bonds. The third-order valence-corrected chi connectivity index (χ3v) is 5.63. The van der Waals surface area contributed by atoms with Crippen molar-refractivity contribution < 1.29 is 28.3 Å². The summed E-state index contributed by atoms with van der Waals surface area (Å²) in [5, 5.41) is 12.2. The van der Waals surface area contributed by atoms with Crippen molar-refractivity contribution in [3.63, 3.8) is 0 Å². The molecular weight excluding hydrogens is 463 g/mol. The summed E-state index contributed by atoms with van der Waals surface area (Å²) in [7, 11) is 4.50. The van der Waals surface area contributed by atoms with Crippen molar-refractivity contribution in [1.82, 2.24) is 15.3 Å². The quantitative estimate of drug-likeness (QED) is 0.543. The molecule has 0 radical (unpaired) electrons. The van der Waals surface area contributed by atoms with Crippen molar-refractivity contribution in [2.45, 2.75) is 25.5 Å². The number of alkyl halides is 2. The lowest BCUT2D eigenvalue weighted by Gasteiger charge is -2.22. The highest BCUT2D eigenvalue weighted by Gasteiger charge is 2.27. The molecule has 0 saturated carbocycles. The second kappa shape index (κ2) is 11.2. The monoisotopic (exact) mass is 479 g/mol. The van der Waals surface area contributed by atoms with Crippen LogP contribution in [0, 0.1) is 0 Å². The van der Waals surface area contributed by atoms with Gasteiger partial charge in [-0.2, -0.15) is 10.6 Å². The van der Waals surface area contributed by atoms with Crippen LogP contribution in [0.2, 0.25) is 13.7 Å². The van der Waals surface area contributed by atoms with E-state index in [-0.39, 0.29) is 12.1 Å². The molecule has 2 rings (SSSR count). The molecule has 0 aliphatic carbocycles. The Morgan fingerprint density at radius 1 is 1.32 bits per heavy atom. The summed E-state index contributed by atoms with van der Waals surface area (Å²) in [5.41, 5.74) is 2.33. The summed E-state index contributed by atoms with van der Waals surface area (Å²) in [6.07, 6.45) is -2.12. The zero-order valence-electron chi connectivity index (χ0n) is 15.2. The molecule has 0 aliphatic rings. The molecule has 2 atom stereocenters. The number of aromatic nitrogens is 2. The number of aryl methyl sites for hydroxylation is 1. The third kappa shape index (κ3) is 6.24. The fourth-order valence-electron chi connectivity index (χ4n) is 2.26. The van der Waals surface area contributed by atoms with Gasteiger partial charge in [0, 0.05) is 25.9 Å². The van der Waals surface area contributed by atoms with Crippen LogP contribution in [0.25, 0.3) is 0 Å². The molecule has 0 aromatic carbocycles. The lowest BCUT2D eigenvalue weighted by atomic mass is 10.1. The van der Waals surface area contributed by atoms with Gasteiger partial charge in [0.05, 0.1) is 18.2 Å². The predicted molar refractivity (Wildman–Crippen MR) is 104 cm³/mol. The highest BCUT2D eigenvalue weighted by Crippen LogP contribution is 2.44. The topological polar surface area (TPSA) is 85.6 Å².